The van der Waals surface area contributed by atoms with E-state index >= 15 is 0 Å². The van der Waals surface area contributed by atoms with E-state index < -0.39 is 11.9 Å². The first-order valence-electron chi connectivity index (χ1n) is 8.65. The highest BCUT2D eigenvalue weighted by molar-refractivity contribution is 7.09. The molecule has 0 atom stereocenters. The van der Waals surface area contributed by atoms with Gasteiger partial charge < -0.3 is 15.1 Å². The lowest BCUT2D eigenvalue weighted by molar-refractivity contribution is -0.140. The van der Waals surface area contributed by atoms with E-state index in [1.54, 1.807) is 7.05 Å². The van der Waals surface area contributed by atoms with Gasteiger partial charge in [-0.25, -0.2) is 4.98 Å². The van der Waals surface area contributed by atoms with Gasteiger partial charge in [0.25, 0.3) is 0 Å². The van der Waals surface area contributed by atoms with Gasteiger partial charge in [0.1, 0.15) is 5.01 Å². The standard InChI is InChI=1S/C18H22F3N5S/c1-13-4-3-5-14(10-13)25-6-8-26(9-7-25)17(22-2)23-11-16-24-15(12-27-16)18(19,20)21/h3-5,10,12H,6-9,11H2,1-2H3,(H,22,23). The van der Waals surface area contributed by atoms with Crippen LogP contribution < -0.4 is 10.2 Å². The van der Waals surface area contributed by atoms with E-state index in [9.17, 15) is 13.2 Å². The minimum Gasteiger partial charge on any atom is -0.368 e. The van der Waals surface area contributed by atoms with Crippen LogP contribution in [0.2, 0.25) is 0 Å². The average Bonchev–Trinajstić information content (AvgIpc) is 3.12. The first kappa shape index (κ1) is 19.5. The molecule has 1 aliphatic rings. The van der Waals surface area contributed by atoms with E-state index in [1.807, 2.05) is 0 Å². The summed E-state index contributed by atoms with van der Waals surface area (Å²) in [5.74, 6) is 0.683. The summed E-state index contributed by atoms with van der Waals surface area (Å²) in [5, 5.41) is 4.55. The summed E-state index contributed by atoms with van der Waals surface area (Å²) in [6.45, 7) is 5.61. The van der Waals surface area contributed by atoms with Crippen LogP contribution >= 0.6 is 11.3 Å². The first-order chi connectivity index (χ1) is 12.9. The Kier molecular flexibility index (Phi) is 5.88. The Morgan fingerprint density at radius 3 is 2.59 bits per heavy atom. The smallest absolute Gasteiger partial charge is 0.368 e. The number of nitrogens with zero attached hydrogens (tertiary/aromatic N) is 4. The molecule has 0 aliphatic carbocycles. The minimum absolute atomic E-state index is 0.228. The van der Waals surface area contributed by atoms with Crippen LogP contribution in [0.4, 0.5) is 18.9 Å². The number of hydrogen-bond acceptors (Lipinski definition) is 4. The molecule has 146 valence electrons. The molecule has 3 rings (SSSR count). The molecule has 9 heteroatoms. The van der Waals surface area contributed by atoms with Crippen molar-refractivity contribution < 1.29 is 13.2 Å². The van der Waals surface area contributed by atoms with Gasteiger partial charge in [-0.05, 0) is 24.6 Å². The zero-order valence-corrected chi connectivity index (χ0v) is 16.1. The zero-order valence-electron chi connectivity index (χ0n) is 15.3. The van der Waals surface area contributed by atoms with Crippen LogP contribution in [-0.2, 0) is 12.7 Å². The first-order valence-corrected chi connectivity index (χ1v) is 9.53. The Balaban J connectivity index is 1.54. The van der Waals surface area contributed by atoms with Gasteiger partial charge in [0.15, 0.2) is 11.7 Å². The molecule has 1 aromatic heterocycles. The molecule has 0 unspecified atom stereocenters. The normalized spacial score (nSPS) is 16.0. The van der Waals surface area contributed by atoms with Crippen LogP contribution in [0.5, 0.6) is 0 Å². The van der Waals surface area contributed by atoms with Crippen molar-refractivity contribution >= 4 is 23.0 Å². The lowest BCUT2D eigenvalue weighted by atomic mass is 10.2. The van der Waals surface area contributed by atoms with Crippen LogP contribution in [0.3, 0.4) is 0 Å². The Bertz CT molecular complexity index is 794. The SMILES string of the molecule is CN=C(NCc1nc(C(F)(F)F)cs1)N1CCN(c2cccc(C)c2)CC1. The monoisotopic (exact) mass is 397 g/mol. The van der Waals surface area contributed by atoms with Crippen molar-refractivity contribution in [2.75, 3.05) is 38.1 Å². The Hall–Kier alpha value is -2.29. The fourth-order valence-electron chi connectivity index (χ4n) is 3.01. The fraction of sp³-hybridized carbons (Fsp3) is 0.444. The maximum Gasteiger partial charge on any atom is 0.434 e. The summed E-state index contributed by atoms with van der Waals surface area (Å²) < 4.78 is 37.9. The van der Waals surface area contributed by atoms with Crippen molar-refractivity contribution in [3.8, 4) is 0 Å². The van der Waals surface area contributed by atoms with Gasteiger partial charge >= 0.3 is 6.18 Å². The molecule has 0 bridgehead atoms. The number of hydrogen-bond donors (Lipinski definition) is 1. The van der Waals surface area contributed by atoms with Crippen molar-refractivity contribution in [2.45, 2.75) is 19.6 Å². The molecule has 0 spiro atoms. The van der Waals surface area contributed by atoms with Crippen molar-refractivity contribution in [2.24, 2.45) is 4.99 Å². The summed E-state index contributed by atoms with van der Waals surface area (Å²) >= 11 is 0.999. The number of benzene rings is 1. The van der Waals surface area contributed by atoms with Crippen molar-refractivity contribution in [1.82, 2.24) is 15.2 Å². The van der Waals surface area contributed by atoms with Gasteiger partial charge in [0.2, 0.25) is 0 Å². The molecule has 2 heterocycles. The van der Waals surface area contributed by atoms with Gasteiger partial charge in [-0.2, -0.15) is 13.2 Å². The molecule has 0 radical (unpaired) electrons. The topological polar surface area (TPSA) is 43.8 Å². The molecule has 1 aliphatic heterocycles. The summed E-state index contributed by atoms with van der Waals surface area (Å²) in [4.78, 5) is 12.3. The zero-order chi connectivity index (χ0) is 19.4. The highest BCUT2D eigenvalue weighted by Gasteiger charge is 2.33. The Labute approximate surface area is 160 Å². The van der Waals surface area contributed by atoms with Gasteiger partial charge in [-0.3, -0.25) is 4.99 Å². The number of aryl methyl sites for hydroxylation is 1. The molecule has 5 nitrogen and oxygen atoms in total. The van der Waals surface area contributed by atoms with Crippen LogP contribution in [0.15, 0.2) is 34.6 Å². The second kappa shape index (κ2) is 8.16. The summed E-state index contributed by atoms with van der Waals surface area (Å²) in [6.07, 6.45) is -4.40. The largest absolute Gasteiger partial charge is 0.434 e. The number of aliphatic imine (C=N–C) groups is 1. The summed E-state index contributed by atoms with van der Waals surface area (Å²) in [6, 6.07) is 8.41. The maximum absolute atomic E-state index is 12.6. The number of alkyl halides is 3. The van der Waals surface area contributed by atoms with E-state index in [4.69, 9.17) is 0 Å². The number of nitrogens with one attached hydrogen (secondary N) is 1. The number of anilines is 1. The molecule has 1 saturated heterocycles. The quantitative estimate of drug-likeness (QED) is 0.637. The maximum atomic E-state index is 12.6. The van der Waals surface area contributed by atoms with Crippen LogP contribution in [0.25, 0.3) is 0 Å². The van der Waals surface area contributed by atoms with Crippen molar-refractivity contribution in [3.63, 3.8) is 0 Å². The summed E-state index contributed by atoms with van der Waals surface area (Å²) in [5.41, 5.74) is 1.60. The van der Waals surface area contributed by atoms with E-state index in [2.05, 4.69) is 56.3 Å². The van der Waals surface area contributed by atoms with Gasteiger partial charge in [0.05, 0.1) is 6.54 Å². The third-order valence-corrected chi connectivity index (χ3v) is 5.25. The highest BCUT2D eigenvalue weighted by Crippen LogP contribution is 2.30. The highest BCUT2D eigenvalue weighted by atomic mass is 32.1. The number of piperazine rings is 1. The van der Waals surface area contributed by atoms with Crippen molar-refractivity contribution in [3.05, 3.63) is 45.9 Å². The number of rotatable bonds is 3. The number of thiazole rings is 1. The number of halogens is 3. The molecular weight excluding hydrogens is 375 g/mol. The predicted octanol–water partition coefficient (Wildman–Crippen LogP) is 3.37. The second-order valence-corrected chi connectivity index (χ2v) is 7.28. The average molecular weight is 397 g/mol. The van der Waals surface area contributed by atoms with Gasteiger partial charge in [-0.1, -0.05) is 12.1 Å². The van der Waals surface area contributed by atoms with Gasteiger partial charge in [0, 0.05) is 44.3 Å². The Morgan fingerprint density at radius 2 is 2.00 bits per heavy atom. The van der Waals surface area contributed by atoms with Crippen LogP contribution in [0.1, 0.15) is 16.3 Å². The molecule has 1 aromatic carbocycles. The lowest BCUT2D eigenvalue weighted by Gasteiger charge is -2.37. The number of aromatic nitrogens is 1. The van der Waals surface area contributed by atoms with E-state index in [0.717, 1.165) is 42.9 Å². The molecule has 27 heavy (non-hydrogen) atoms. The third-order valence-electron chi connectivity index (χ3n) is 4.40. The molecule has 1 N–H and O–H groups in total. The van der Waals surface area contributed by atoms with Crippen molar-refractivity contribution in [1.29, 1.82) is 0 Å². The van der Waals surface area contributed by atoms with E-state index in [-0.39, 0.29) is 6.54 Å². The molecule has 2 aromatic rings. The molecule has 0 amide bonds. The van der Waals surface area contributed by atoms with Crippen LogP contribution in [0, 0.1) is 6.92 Å². The lowest BCUT2D eigenvalue weighted by Crippen LogP contribution is -2.52. The van der Waals surface area contributed by atoms with E-state index in [1.165, 1.54) is 11.3 Å². The Morgan fingerprint density at radius 1 is 1.26 bits per heavy atom. The fourth-order valence-corrected chi connectivity index (χ4v) is 3.75. The third kappa shape index (κ3) is 4.91. The van der Waals surface area contributed by atoms with Gasteiger partial charge in [-0.15, -0.1) is 11.3 Å². The van der Waals surface area contributed by atoms with E-state index in [0.29, 0.717) is 11.0 Å². The molecular formula is C18H22F3N5S. The summed E-state index contributed by atoms with van der Waals surface area (Å²) in [7, 11) is 1.68. The minimum atomic E-state index is -4.40. The van der Waals surface area contributed by atoms with Crippen LogP contribution in [-0.4, -0.2) is 49.1 Å². The molecule has 0 saturated carbocycles. The second-order valence-electron chi connectivity index (χ2n) is 6.34. The molecule has 1 fully saturated rings. The predicted molar refractivity (Wildman–Crippen MR) is 102 cm³/mol. The number of guanidine groups is 1.